The van der Waals surface area contributed by atoms with Gasteiger partial charge >= 0.3 is 12.0 Å². The average Bonchev–Trinajstić information content (AvgIpc) is 2.98. The van der Waals surface area contributed by atoms with Gasteiger partial charge in [0.2, 0.25) is 0 Å². The van der Waals surface area contributed by atoms with Crippen molar-refractivity contribution >= 4 is 34.4 Å². The van der Waals surface area contributed by atoms with E-state index in [1.165, 1.54) is 6.07 Å². The number of aryl methyl sites for hydroxylation is 1. The highest BCUT2D eigenvalue weighted by atomic mass is 35.5. The van der Waals surface area contributed by atoms with Gasteiger partial charge in [-0.2, -0.15) is 0 Å². The van der Waals surface area contributed by atoms with E-state index in [4.69, 9.17) is 16.3 Å². The summed E-state index contributed by atoms with van der Waals surface area (Å²) >= 11 is 6.04. The largest absolute Gasteiger partial charge is 0.463 e. The first-order chi connectivity index (χ1) is 19.4. The number of esters is 1. The van der Waals surface area contributed by atoms with E-state index in [9.17, 15) is 14.0 Å². The number of piperazine rings is 1. The van der Waals surface area contributed by atoms with E-state index < -0.39 is 5.82 Å². The van der Waals surface area contributed by atoms with Gasteiger partial charge in [-0.05, 0) is 42.5 Å². The van der Waals surface area contributed by atoms with Gasteiger partial charge in [0.1, 0.15) is 12.4 Å². The number of carbonyl (C=O) groups is 2. The minimum Gasteiger partial charge on any atom is -0.463 e. The minimum absolute atomic E-state index is 0.00661. The van der Waals surface area contributed by atoms with Gasteiger partial charge in [-0.3, -0.25) is 9.78 Å². The van der Waals surface area contributed by atoms with E-state index >= 15 is 0 Å². The number of nitrogens with one attached hydrogen (secondary N) is 2. The molecule has 0 spiro atoms. The molecule has 2 N–H and O–H groups in total. The standard InChI is InChI=1S/C30H37ClFN5O3/c1-36(30(39)35-20-24-8-4-10-27(32)29(24)31)26(9-5-15-37-16-13-33-14-17-37)21-40-28(38)12-11-25-18-22-6-2-3-7-23(22)19-34-25/h2-4,6-8,10,18-19,26,33H,5,9,11-17,20-21H2,1H3,(H,35,39)/t26-/m0/s1. The van der Waals surface area contributed by atoms with Crippen LogP contribution in [0.4, 0.5) is 9.18 Å². The van der Waals surface area contributed by atoms with Gasteiger partial charge in [0.05, 0.1) is 17.5 Å². The van der Waals surface area contributed by atoms with Crippen molar-refractivity contribution in [1.82, 2.24) is 25.4 Å². The normalized spacial score (nSPS) is 14.6. The first kappa shape index (κ1) is 29.7. The number of amides is 2. The van der Waals surface area contributed by atoms with Crippen LogP contribution in [0.1, 0.15) is 30.5 Å². The second kappa shape index (κ2) is 14.9. The van der Waals surface area contributed by atoms with Gasteiger partial charge in [-0.15, -0.1) is 0 Å². The number of aromatic nitrogens is 1. The summed E-state index contributed by atoms with van der Waals surface area (Å²) in [6.07, 6.45) is 4.02. The molecular formula is C30H37ClFN5O3. The summed E-state index contributed by atoms with van der Waals surface area (Å²) < 4.78 is 19.4. The van der Waals surface area contributed by atoms with Crippen LogP contribution < -0.4 is 10.6 Å². The molecule has 40 heavy (non-hydrogen) atoms. The van der Waals surface area contributed by atoms with Crippen LogP contribution in [0, 0.1) is 5.82 Å². The van der Waals surface area contributed by atoms with E-state index in [0.717, 1.165) is 55.6 Å². The third-order valence-corrected chi connectivity index (χ3v) is 7.68. The molecule has 1 aliphatic heterocycles. The minimum atomic E-state index is -0.529. The van der Waals surface area contributed by atoms with Crippen molar-refractivity contribution in [3.63, 3.8) is 0 Å². The molecular weight excluding hydrogens is 533 g/mol. The third-order valence-electron chi connectivity index (χ3n) is 7.26. The average molecular weight is 570 g/mol. The lowest BCUT2D eigenvalue weighted by atomic mass is 10.1. The summed E-state index contributed by atoms with van der Waals surface area (Å²) in [7, 11) is 1.69. The van der Waals surface area contributed by atoms with Crippen LogP contribution in [0.5, 0.6) is 0 Å². The van der Waals surface area contributed by atoms with Crippen LogP contribution >= 0.6 is 11.6 Å². The molecule has 0 radical (unpaired) electrons. The van der Waals surface area contributed by atoms with Crippen LogP contribution in [0.2, 0.25) is 5.02 Å². The summed E-state index contributed by atoms with van der Waals surface area (Å²) in [6, 6.07) is 13.8. The SMILES string of the molecule is CN(C(=O)NCc1cccc(F)c1Cl)[C@@H](CCCN1CCNCC1)COC(=O)CCc1cc2ccccc2cn1. The summed E-state index contributed by atoms with van der Waals surface area (Å²) in [5, 5.41) is 8.28. The molecule has 3 aromatic rings. The number of carbonyl (C=O) groups excluding carboxylic acids is 2. The lowest BCUT2D eigenvalue weighted by Crippen LogP contribution is -2.47. The Morgan fingerprint density at radius 1 is 1.18 bits per heavy atom. The first-order valence-corrected chi connectivity index (χ1v) is 14.1. The van der Waals surface area contributed by atoms with Crippen molar-refractivity contribution in [3.8, 4) is 0 Å². The summed E-state index contributed by atoms with van der Waals surface area (Å²) in [6.45, 7) is 5.02. The van der Waals surface area contributed by atoms with E-state index in [1.54, 1.807) is 24.1 Å². The van der Waals surface area contributed by atoms with Crippen molar-refractivity contribution in [1.29, 1.82) is 0 Å². The Bertz CT molecular complexity index is 1290. The Hall–Kier alpha value is -3.27. The molecule has 2 heterocycles. The monoisotopic (exact) mass is 569 g/mol. The van der Waals surface area contributed by atoms with E-state index in [2.05, 4.69) is 20.5 Å². The molecule has 1 atom stereocenters. The highest BCUT2D eigenvalue weighted by Crippen LogP contribution is 2.20. The maximum Gasteiger partial charge on any atom is 0.317 e. The van der Waals surface area contributed by atoms with Crippen molar-refractivity contribution in [2.75, 3.05) is 46.4 Å². The first-order valence-electron chi connectivity index (χ1n) is 13.8. The second-order valence-corrected chi connectivity index (χ2v) is 10.5. The van der Waals surface area contributed by atoms with Crippen LogP contribution in [0.15, 0.2) is 54.7 Å². The van der Waals surface area contributed by atoms with Gasteiger partial charge in [-0.25, -0.2) is 9.18 Å². The number of halogens is 2. The van der Waals surface area contributed by atoms with Gasteiger partial charge in [-0.1, -0.05) is 48.0 Å². The molecule has 1 aliphatic rings. The summed E-state index contributed by atoms with van der Waals surface area (Å²) in [5.41, 5.74) is 1.32. The van der Waals surface area contributed by atoms with Crippen molar-refractivity contribution in [2.24, 2.45) is 0 Å². The molecule has 10 heteroatoms. The smallest absolute Gasteiger partial charge is 0.317 e. The quantitative estimate of drug-likeness (QED) is 0.315. The molecule has 2 amide bonds. The lowest BCUT2D eigenvalue weighted by molar-refractivity contribution is -0.145. The van der Waals surface area contributed by atoms with E-state index in [0.29, 0.717) is 18.4 Å². The number of hydrogen-bond acceptors (Lipinski definition) is 6. The second-order valence-electron chi connectivity index (χ2n) is 10.1. The zero-order valence-electron chi connectivity index (χ0n) is 22.9. The van der Waals surface area contributed by atoms with Gasteiger partial charge in [0.25, 0.3) is 0 Å². The number of urea groups is 1. The molecule has 1 saturated heterocycles. The van der Waals surface area contributed by atoms with Crippen LogP contribution in [-0.4, -0.2) is 79.2 Å². The fraction of sp³-hybridized carbons (Fsp3) is 0.433. The predicted molar refractivity (Wildman–Crippen MR) is 155 cm³/mol. The Kier molecular flexibility index (Phi) is 11.1. The van der Waals surface area contributed by atoms with Crippen molar-refractivity contribution < 1.29 is 18.7 Å². The van der Waals surface area contributed by atoms with Gasteiger partial charge < -0.3 is 25.2 Å². The molecule has 0 aliphatic carbocycles. The maximum atomic E-state index is 13.8. The van der Waals surface area contributed by atoms with E-state index in [-0.39, 0.29) is 42.6 Å². The molecule has 8 nitrogen and oxygen atoms in total. The van der Waals surface area contributed by atoms with Crippen LogP contribution in [-0.2, 0) is 22.5 Å². The highest BCUT2D eigenvalue weighted by Gasteiger charge is 2.23. The fourth-order valence-electron chi connectivity index (χ4n) is 4.78. The number of ether oxygens (including phenoxy) is 1. The number of benzene rings is 2. The lowest BCUT2D eigenvalue weighted by Gasteiger charge is -2.30. The maximum absolute atomic E-state index is 13.8. The molecule has 4 rings (SSSR count). The number of hydrogen-bond donors (Lipinski definition) is 2. The molecule has 1 aromatic heterocycles. The van der Waals surface area contributed by atoms with Gasteiger partial charge in [0.15, 0.2) is 0 Å². The number of rotatable bonds is 12. The van der Waals surface area contributed by atoms with Crippen molar-refractivity contribution in [2.45, 2.75) is 38.3 Å². The number of likely N-dealkylation sites (N-methyl/N-ethyl adjacent to an activating group) is 1. The molecule has 0 bridgehead atoms. The molecule has 214 valence electrons. The highest BCUT2D eigenvalue weighted by molar-refractivity contribution is 6.31. The van der Waals surface area contributed by atoms with Crippen molar-refractivity contribution in [3.05, 3.63) is 76.8 Å². The predicted octanol–water partition coefficient (Wildman–Crippen LogP) is 4.40. The number of pyridine rings is 1. The molecule has 0 unspecified atom stereocenters. The molecule has 1 fully saturated rings. The topological polar surface area (TPSA) is 86.8 Å². The Morgan fingerprint density at radius 2 is 1.95 bits per heavy atom. The van der Waals surface area contributed by atoms with Crippen LogP contribution in [0.25, 0.3) is 10.8 Å². The zero-order chi connectivity index (χ0) is 28.3. The van der Waals surface area contributed by atoms with E-state index in [1.807, 2.05) is 36.5 Å². The summed E-state index contributed by atoms with van der Waals surface area (Å²) in [5.74, 6) is -0.860. The zero-order valence-corrected chi connectivity index (χ0v) is 23.6. The number of nitrogens with zero attached hydrogens (tertiary/aromatic N) is 3. The Balaban J connectivity index is 1.30. The fourth-order valence-corrected chi connectivity index (χ4v) is 4.97. The third kappa shape index (κ3) is 8.61. The van der Waals surface area contributed by atoms with Gasteiger partial charge in [0, 0.05) is 63.5 Å². The number of fused-ring (bicyclic) bond motifs is 1. The molecule has 2 aromatic carbocycles. The summed E-state index contributed by atoms with van der Waals surface area (Å²) in [4.78, 5) is 34.0. The Labute approximate surface area is 239 Å². The Morgan fingerprint density at radius 3 is 2.75 bits per heavy atom. The molecule has 0 saturated carbocycles. The van der Waals surface area contributed by atoms with Crippen LogP contribution in [0.3, 0.4) is 0 Å².